The van der Waals surface area contributed by atoms with Gasteiger partial charge in [-0.05, 0) is 128 Å². The van der Waals surface area contributed by atoms with Crippen molar-refractivity contribution in [2.75, 3.05) is 26.4 Å². The van der Waals surface area contributed by atoms with Crippen LogP contribution in [-0.2, 0) is 4.74 Å². The molecule has 0 heterocycles. The highest BCUT2D eigenvalue weighted by molar-refractivity contribution is 5.91. The second kappa shape index (κ2) is 33.6. The average Bonchev–Trinajstić information content (AvgIpc) is 3.32. The first-order chi connectivity index (χ1) is 31.1. The number of aliphatic imine (C=N–C) groups is 2. The van der Waals surface area contributed by atoms with E-state index >= 15 is 0 Å². The maximum absolute atomic E-state index is 12.6. The van der Waals surface area contributed by atoms with Gasteiger partial charge in [-0.25, -0.2) is 4.79 Å². The molecule has 0 aromatic heterocycles. The first-order valence-corrected chi connectivity index (χ1v) is 24.7. The summed E-state index contributed by atoms with van der Waals surface area (Å²) in [5, 5.41) is 0. The van der Waals surface area contributed by atoms with Gasteiger partial charge in [-0.1, -0.05) is 142 Å². The maximum atomic E-state index is 12.6. The van der Waals surface area contributed by atoms with Gasteiger partial charge in [-0.3, -0.25) is 9.98 Å². The molecule has 7 nitrogen and oxygen atoms in total. The molecular weight excluding hydrogens is 781 g/mol. The van der Waals surface area contributed by atoms with Crippen LogP contribution >= 0.6 is 0 Å². The van der Waals surface area contributed by atoms with E-state index in [2.05, 4.69) is 23.8 Å². The van der Waals surface area contributed by atoms with Crippen LogP contribution in [0.5, 0.6) is 17.2 Å². The highest BCUT2D eigenvalue weighted by Gasteiger charge is 2.07. The molecule has 0 N–H and O–H groups in total. The summed E-state index contributed by atoms with van der Waals surface area (Å²) in [5.74, 6) is 2.29. The van der Waals surface area contributed by atoms with Crippen molar-refractivity contribution in [2.45, 2.75) is 162 Å². The van der Waals surface area contributed by atoms with E-state index in [1.165, 1.54) is 116 Å². The van der Waals surface area contributed by atoms with Crippen molar-refractivity contribution in [1.82, 2.24) is 0 Å². The lowest BCUT2D eigenvalue weighted by molar-refractivity contribution is 0.0497. The van der Waals surface area contributed by atoms with E-state index in [9.17, 15) is 4.79 Å². The number of carbonyl (C=O) groups excluding carboxylic acids is 1. The van der Waals surface area contributed by atoms with Crippen molar-refractivity contribution in [3.8, 4) is 17.2 Å². The monoisotopic (exact) mass is 859 g/mol. The van der Waals surface area contributed by atoms with E-state index in [1.54, 1.807) is 18.3 Å². The molecule has 63 heavy (non-hydrogen) atoms. The fourth-order valence-corrected chi connectivity index (χ4v) is 7.29. The third-order valence-electron chi connectivity index (χ3n) is 11.2. The van der Waals surface area contributed by atoms with Crippen LogP contribution < -0.4 is 14.2 Å². The molecule has 0 aliphatic rings. The summed E-state index contributed by atoms with van der Waals surface area (Å²) in [5.41, 5.74) is 4.20. The minimum absolute atomic E-state index is 0.312. The highest BCUT2D eigenvalue weighted by atomic mass is 16.5. The van der Waals surface area contributed by atoms with Crippen LogP contribution in [0.3, 0.4) is 0 Å². The smallest absolute Gasteiger partial charge is 0.338 e. The third kappa shape index (κ3) is 23.9. The van der Waals surface area contributed by atoms with Gasteiger partial charge in [0.25, 0.3) is 0 Å². The van der Waals surface area contributed by atoms with Gasteiger partial charge in [0.1, 0.15) is 17.2 Å². The molecule has 0 bridgehead atoms. The van der Waals surface area contributed by atoms with Crippen LogP contribution in [0.2, 0.25) is 0 Å². The lowest BCUT2D eigenvalue weighted by Gasteiger charge is -2.07. The average molecular weight is 859 g/mol. The van der Waals surface area contributed by atoms with Gasteiger partial charge < -0.3 is 18.9 Å². The normalized spacial score (nSPS) is 11.4. The molecule has 0 atom stereocenters. The minimum Gasteiger partial charge on any atom is -0.494 e. The maximum Gasteiger partial charge on any atom is 0.338 e. The molecule has 0 radical (unpaired) electrons. The van der Waals surface area contributed by atoms with Crippen molar-refractivity contribution < 1.29 is 23.7 Å². The van der Waals surface area contributed by atoms with E-state index in [0.717, 1.165) is 85.1 Å². The number of esters is 1. The SMILES string of the molecule is CCCCCCCCCCCCOc1ccc(N=Cc2ccc(OCCCCCOC(=O)c3ccc(C=Nc4ccc(OCCCCCCCCCCCC)cc4)cc3)cc2)cc1. The molecule has 0 unspecified atom stereocenters. The fraction of sp³-hybridized carbons (Fsp3) is 0.518. The van der Waals surface area contributed by atoms with Crippen molar-refractivity contribution in [3.63, 3.8) is 0 Å². The summed E-state index contributed by atoms with van der Waals surface area (Å²) in [6, 6.07) is 31.2. The van der Waals surface area contributed by atoms with Gasteiger partial charge in [0, 0.05) is 12.4 Å². The van der Waals surface area contributed by atoms with Crippen molar-refractivity contribution >= 4 is 29.8 Å². The van der Waals surface area contributed by atoms with Crippen LogP contribution in [0.25, 0.3) is 0 Å². The molecule has 4 rings (SSSR count). The van der Waals surface area contributed by atoms with Gasteiger partial charge in [-0.15, -0.1) is 0 Å². The number of rotatable bonds is 36. The highest BCUT2D eigenvalue weighted by Crippen LogP contribution is 2.21. The second-order valence-electron chi connectivity index (χ2n) is 16.8. The van der Waals surface area contributed by atoms with E-state index in [0.29, 0.717) is 18.8 Å². The zero-order valence-corrected chi connectivity index (χ0v) is 38.9. The lowest BCUT2D eigenvalue weighted by atomic mass is 10.1. The van der Waals surface area contributed by atoms with E-state index in [-0.39, 0.29) is 5.97 Å². The van der Waals surface area contributed by atoms with E-state index in [4.69, 9.17) is 18.9 Å². The number of ether oxygens (including phenoxy) is 4. The molecule has 0 aliphatic carbocycles. The molecule has 0 saturated carbocycles. The number of nitrogens with zero attached hydrogens (tertiary/aromatic N) is 2. The standard InChI is InChI=1S/C56H78N2O5/c1-3-5-7-9-11-13-15-17-19-22-42-61-54-38-32-51(33-39-54)57-46-48-26-30-50(31-27-48)56(59)63-45-25-21-24-44-60-53-36-28-49(29-37-53)47-58-52-34-40-55(41-35-52)62-43-23-20-18-16-14-12-10-8-6-4-2/h26-41,46-47H,3-25,42-45H2,1-2H3. The van der Waals surface area contributed by atoms with Gasteiger partial charge in [-0.2, -0.15) is 0 Å². The molecular formula is C56H78N2O5. The molecule has 4 aromatic carbocycles. The summed E-state index contributed by atoms with van der Waals surface area (Å²) >= 11 is 0. The molecule has 4 aromatic rings. The van der Waals surface area contributed by atoms with E-state index in [1.807, 2.05) is 91.1 Å². The number of hydrogen-bond acceptors (Lipinski definition) is 7. The van der Waals surface area contributed by atoms with Crippen LogP contribution in [0, 0.1) is 0 Å². The number of carbonyl (C=O) groups is 1. The summed E-state index contributed by atoms with van der Waals surface area (Å²) in [6.07, 6.45) is 32.7. The zero-order valence-electron chi connectivity index (χ0n) is 38.9. The predicted molar refractivity (Wildman–Crippen MR) is 265 cm³/mol. The van der Waals surface area contributed by atoms with Gasteiger partial charge in [0.2, 0.25) is 0 Å². The Morgan fingerprint density at radius 1 is 0.381 bits per heavy atom. The van der Waals surface area contributed by atoms with Crippen LogP contribution in [0.15, 0.2) is 107 Å². The zero-order chi connectivity index (χ0) is 44.3. The Labute approximate surface area is 381 Å². The molecule has 0 amide bonds. The Morgan fingerprint density at radius 2 is 0.683 bits per heavy atom. The van der Waals surface area contributed by atoms with Gasteiger partial charge in [0.05, 0.1) is 43.4 Å². The molecule has 0 fully saturated rings. The summed E-state index contributed by atoms with van der Waals surface area (Å²) in [4.78, 5) is 21.8. The molecule has 0 saturated heterocycles. The Balaban J connectivity index is 0.989. The lowest BCUT2D eigenvalue weighted by Crippen LogP contribution is -2.07. The summed E-state index contributed by atoms with van der Waals surface area (Å²) in [7, 11) is 0. The number of hydrogen-bond donors (Lipinski definition) is 0. The Bertz CT molecular complexity index is 1790. The third-order valence-corrected chi connectivity index (χ3v) is 11.2. The quantitative estimate of drug-likeness (QED) is 0.0259. The van der Waals surface area contributed by atoms with Crippen LogP contribution in [0.1, 0.15) is 183 Å². The number of unbranched alkanes of at least 4 members (excludes halogenated alkanes) is 20. The molecule has 342 valence electrons. The first-order valence-electron chi connectivity index (χ1n) is 24.7. The second-order valence-corrected chi connectivity index (χ2v) is 16.8. The number of benzene rings is 4. The molecule has 0 aliphatic heterocycles. The molecule has 0 spiro atoms. The van der Waals surface area contributed by atoms with Crippen LogP contribution in [0.4, 0.5) is 11.4 Å². The topological polar surface area (TPSA) is 78.7 Å². The van der Waals surface area contributed by atoms with Gasteiger partial charge in [0.15, 0.2) is 0 Å². The van der Waals surface area contributed by atoms with Crippen molar-refractivity contribution in [1.29, 1.82) is 0 Å². The first kappa shape index (κ1) is 50.7. The Morgan fingerprint density at radius 3 is 1.06 bits per heavy atom. The predicted octanol–water partition coefficient (Wildman–Crippen LogP) is 16.2. The van der Waals surface area contributed by atoms with Crippen molar-refractivity contribution in [3.05, 3.63) is 114 Å². The van der Waals surface area contributed by atoms with Crippen LogP contribution in [-0.4, -0.2) is 44.8 Å². The van der Waals surface area contributed by atoms with E-state index < -0.39 is 0 Å². The van der Waals surface area contributed by atoms with Crippen molar-refractivity contribution in [2.24, 2.45) is 9.98 Å². The van der Waals surface area contributed by atoms with Gasteiger partial charge >= 0.3 is 5.97 Å². The Kier molecular flexibility index (Phi) is 27.1. The molecule has 7 heteroatoms. The largest absolute Gasteiger partial charge is 0.494 e. The minimum atomic E-state index is -0.312. The summed E-state index contributed by atoms with van der Waals surface area (Å²) in [6.45, 7) is 7.05. The Hall–Kier alpha value is -4.91. The fourth-order valence-electron chi connectivity index (χ4n) is 7.29. The summed E-state index contributed by atoms with van der Waals surface area (Å²) < 4.78 is 23.3.